The van der Waals surface area contributed by atoms with E-state index in [0.29, 0.717) is 5.88 Å². The van der Waals surface area contributed by atoms with Crippen LogP contribution in [0.25, 0.3) is 0 Å². The van der Waals surface area contributed by atoms with E-state index in [4.69, 9.17) is 4.74 Å². The lowest BCUT2D eigenvalue weighted by Crippen LogP contribution is -2.01. The van der Waals surface area contributed by atoms with Crippen LogP contribution >= 0.6 is 0 Å². The Morgan fingerprint density at radius 2 is 1.89 bits per heavy atom. The predicted molar refractivity (Wildman–Crippen MR) is 79.1 cm³/mol. The number of aryl methyl sites for hydroxylation is 1. The second-order valence-electron chi connectivity index (χ2n) is 4.62. The number of aromatic nitrogens is 1. The molecule has 2 rings (SSSR count). The van der Waals surface area contributed by atoms with E-state index in [2.05, 4.69) is 44.1 Å². The lowest BCUT2D eigenvalue weighted by Gasteiger charge is -2.14. The molecule has 0 spiro atoms. The van der Waals surface area contributed by atoms with Gasteiger partial charge in [-0.1, -0.05) is 6.07 Å². The van der Waals surface area contributed by atoms with Gasteiger partial charge in [0.15, 0.2) is 0 Å². The molecule has 0 radical (unpaired) electrons. The fourth-order valence-corrected chi connectivity index (χ4v) is 1.94. The number of hydrogen-bond donors (Lipinski definition) is 1. The number of ether oxygens (including phenoxy) is 1. The van der Waals surface area contributed by atoms with Crippen LogP contribution in [0.1, 0.15) is 23.6 Å². The first kappa shape index (κ1) is 13.4. The fraction of sp³-hybridized carbons (Fsp3) is 0.312. The molecular weight excluding hydrogens is 236 g/mol. The largest absolute Gasteiger partial charge is 0.437 e. The van der Waals surface area contributed by atoms with E-state index in [1.165, 1.54) is 11.1 Å². The smallest absolute Gasteiger partial charge is 0.242 e. The van der Waals surface area contributed by atoms with Crippen LogP contribution in [0.4, 0.5) is 5.69 Å². The van der Waals surface area contributed by atoms with Gasteiger partial charge in [0.25, 0.3) is 0 Å². The Labute approximate surface area is 114 Å². The topological polar surface area (TPSA) is 34.2 Å². The number of nitrogens with zero attached hydrogens (tertiary/aromatic N) is 1. The molecule has 3 heteroatoms. The van der Waals surface area contributed by atoms with E-state index < -0.39 is 0 Å². The lowest BCUT2D eigenvalue weighted by molar-refractivity contribution is 0.461. The van der Waals surface area contributed by atoms with Crippen LogP contribution in [0.15, 0.2) is 30.5 Å². The molecule has 0 saturated carbocycles. The van der Waals surface area contributed by atoms with E-state index in [9.17, 15) is 0 Å². The average molecular weight is 256 g/mol. The van der Waals surface area contributed by atoms with Crippen LogP contribution in [0.3, 0.4) is 0 Å². The molecule has 1 aromatic heterocycles. The summed E-state index contributed by atoms with van der Waals surface area (Å²) in [5, 5.41) is 3.25. The van der Waals surface area contributed by atoms with Gasteiger partial charge in [-0.3, -0.25) is 0 Å². The van der Waals surface area contributed by atoms with E-state index in [0.717, 1.165) is 23.5 Å². The second-order valence-corrected chi connectivity index (χ2v) is 4.62. The van der Waals surface area contributed by atoms with Crippen molar-refractivity contribution in [3.8, 4) is 11.6 Å². The van der Waals surface area contributed by atoms with Crippen LogP contribution in [0.5, 0.6) is 11.6 Å². The van der Waals surface area contributed by atoms with Crippen LogP contribution in [-0.4, -0.2) is 11.5 Å². The average Bonchev–Trinajstić information content (AvgIpc) is 2.42. The summed E-state index contributed by atoms with van der Waals surface area (Å²) in [5.74, 6) is 1.48. The minimum atomic E-state index is 0.621. The Hall–Kier alpha value is -2.03. The van der Waals surface area contributed by atoms with Gasteiger partial charge in [0.05, 0.1) is 5.69 Å². The highest BCUT2D eigenvalue weighted by atomic mass is 16.5. The summed E-state index contributed by atoms with van der Waals surface area (Å²) < 4.78 is 5.96. The molecular formula is C16H20N2O. The number of nitrogens with one attached hydrogen (secondary N) is 1. The van der Waals surface area contributed by atoms with Crippen molar-refractivity contribution in [2.45, 2.75) is 27.7 Å². The molecule has 2 aromatic rings. The van der Waals surface area contributed by atoms with E-state index >= 15 is 0 Å². The van der Waals surface area contributed by atoms with Crippen molar-refractivity contribution in [3.63, 3.8) is 0 Å². The number of pyridine rings is 1. The third kappa shape index (κ3) is 2.87. The molecule has 0 atom stereocenters. The zero-order valence-electron chi connectivity index (χ0n) is 11.9. The lowest BCUT2D eigenvalue weighted by atomic mass is 10.0. The molecule has 3 nitrogen and oxygen atoms in total. The first-order valence-electron chi connectivity index (χ1n) is 6.57. The van der Waals surface area contributed by atoms with Gasteiger partial charge in [-0.15, -0.1) is 0 Å². The highest BCUT2D eigenvalue weighted by molar-refractivity contribution is 5.54. The monoisotopic (exact) mass is 256 g/mol. The fourth-order valence-electron chi connectivity index (χ4n) is 1.94. The minimum Gasteiger partial charge on any atom is -0.437 e. The SMILES string of the molecule is CCNc1cccnc1Oc1ccc(C)c(C)c1C. The van der Waals surface area contributed by atoms with E-state index in [1.54, 1.807) is 6.20 Å². The molecule has 100 valence electrons. The molecule has 0 bridgehead atoms. The Kier molecular flexibility index (Phi) is 4.05. The summed E-state index contributed by atoms with van der Waals surface area (Å²) in [4.78, 5) is 4.30. The highest BCUT2D eigenvalue weighted by Gasteiger charge is 2.09. The third-order valence-electron chi connectivity index (χ3n) is 3.35. The maximum absolute atomic E-state index is 5.96. The molecule has 0 aliphatic carbocycles. The number of hydrogen-bond acceptors (Lipinski definition) is 3. The van der Waals surface area contributed by atoms with Crippen molar-refractivity contribution in [2.24, 2.45) is 0 Å². The molecule has 1 heterocycles. The zero-order valence-corrected chi connectivity index (χ0v) is 11.9. The van der Waals surface area contributed by atoms with Crippen LogP contribution in [-0.2, 0) is 0 Å². The van der Waals surface area contributed by atoms with Crippen molar-refractivity contribution < 1.29 is 4.74 Å². The molecule has 1 N–H and O–H groups in total. The summed E-state index contributed by atoms with van der Waals surface area (Å²) in [6.45, 7) is 9.19. The summed E-state index contributed by atoms with van der Waals surface area (Å²) >= 11 is 0. The predicted octanol–water partition coefficient (Wildman–Crippen LogP) is 4.23. The second kappa shape index (κ2) is 5.74. The van der Waals surface area contributed by atoms with Crippen molar-refractivity contribution in [1.82, 2.24) is 4.98 Å². The summed E-state index contributed by atoms with van der Waals surface area (Å²) in [6.07, 6.45) is 1.74. The van der Waals surface area contributed by atoms with Gasteiger partial charge in [0, 0.05) is 12.7 Å². The van der Waals surface area contributed by atoms with E-state index in [1.807, 2.05) is 18.2 Å². The summed E-state index contributed by atoms with van der Waals surface area (Å²) in [6, 6.07) is 7.95. The van der Waals surface area contributed by atoms with Gasteiger partial charge in [-0.25, -0.2) is 4.98 Å². The Bertz CT molecular complexity index is 579. The molecule has 1 aromatic carbocycles. The van der Waals surface area contributed by atoms with Crippen LogP contribution in [0.2, 0.25) is 0 Å². The highest BCUT2D eigenvalue weighted by Crippen LogP contribution is 2.31. The van der Waals surface area contributed by atoms with Gasteiger partial charge < -0.3 is 10.1 Å². The van der Waals surface area contributed by atoms with Gasteiger partial charge in [-0.2, -0.15) is 0 Å². The number of benzene rings is 1. The van der Waals surface area contributed by atoms with Crippen molar-refractivity contribution in [3.05, 3.63) is 47.2 Å². The number of rotatable bonds is 4. The quantitative estimate of drug-likeness (QED) is 0.888. The molecule has 19 heavy (non-hydrogen) atoms. The zero-order chi connectivity index (χ0) is 13.8. The summed E-state index contributed by atoms with van der Waals surface area (Å²) in [5.41, 5.74) is 4.62. The summed E-state index contributed by atoms with van der Waals surface area (Å²) in [7, 11) is 0. The van der Waals surface area contributed by atoms with Gasteiger partial charge in [-0.05, 0) is 62.6 Å². The normalized spacial score (nSPS) is 10.3. The maximum Gasteiger partial charge on any atom is 0.242 e. The molecule has 0 unspecified atom stereocenters. The van der Waals surface area contributed by atoms with Crippen LogP contribution in [0, 0.1) is 20.8 Å². The molecule has 0 saturated heterocycles. The molecule has 0 aliphatic heterocycles. The van der Waals surface area contributed by atoms with Gasteiger partial charge in [0.1, 0.15) is 5.75 Å². The van der Waals surface area contributed by atoms with Gasteiger partial charge >= 0.3 is 0 Å². The molecule has 0 fully saturated rings. The van der Waals surface area contributed by atoms with Crippen molar-refractivity contribution in [2.75, 3.05) is 11.9 Å². The van der Waals surface area contributed by atoms with E-state index in [-0.39, 0.29) is 0 Å². The minimum absolute atomic E-state index is 0.621. The van der Waals surface area contributed by atoms with Crippen LogP contribution < -0.4 is 10.1 Å². The number of anilines is 1. The maximum atomic E-state index is 5.96. The third-order valence-corrected chi connectivity index (χ3v) is 3.35. The Balaban J connectivity index is 2.34. The standard InChI is InChI=1S/C16H20N2O/c1-5-17-14-7-6-10-18-16(14)19-15-9-8-11(2)12(3)13(15)4/h6-10,17H,5H2,1-4H3. The first-order valence-corrected chi connectivity index (χ1v) is 6.57. The first-order chi connectivity index (χ1) is 9.13. The molecule has 0 amide bonds. The van der Waals surface area contributed by atoms with Crippen molar-refractivity contribution >= 4 is 5.69 Å². The Morgan fingerprint density at radius 1 is 1.11 bits per heavy atom. The molecule has 0 aliphatic rings. The van der Waals surface area contributed by atoms with Gasteiger partial charge in [0.2, 0.25) is 5.88 Å². The van der Waals surface area contributed by atoms with Crippen molar-refractivity contribution in [1.29, 1.82) is 0 Å². The Morgan fingerprint density at radius 3 is 2.63 bits per heavy atom.